The van der Waals surface area contributed by atoms with Crippen LogP contribution >= 0.6 is 0 Å². The van der Waals surface area contributed by atoms with E-state index < -0.39 is 0 Å². The molecular formula is C23H26N2O3. The van der Waals surface area contributed by atoms with Crippen molar-refractivity contribution >= 4 is 16.9 Å². The zero-order valence-corrected chi connectivity index (χ0v) is 16.6. The van der Waals surface area contributed by atoms with Crippen LogP contribution in [0.4, 0.5) is 0 Å². The fraction of sp³-hybridized carbons (Fsp3) is 0.391. The first-order valence-electron chi connectivity index (χ1n) is 9.76. The van der Waals surface area contributed by atoms with Gasteiger partial charge in [0.15, 0.2) is 0 Å². The Bertz CT molecular complexity index is 994. The first-order chi connectivity index (χ1) is 13.5. The number of aryl methyl sites for hydroxylation is 3. The predicted octanol–water partition coefficient (Wildman–Crippen LogP) is 3.67. The van der Waals surface area contributed by atoms with Crippen LogP contribution in [0.3, 0.4) is 0 Å². The van der Waals surface area contributed by atoms with Crippen LogP contribution in [0.5, 0.6) is 0 Å². The minimum absolute atomic E-state index is 0.00977. The van der Waals surface area contributed by atoms with Crippen LogP contribution in [0.25, 0.3) is 11.0 Å². The lowest BCUT2D eigenvalue weighted by Gasteiger charge is -2.19. The molecule has 1 saturated heterocycles. The molecule has 0 aliphatic carbocycles. The highest BCUT2D eigenvalue weighted by molar-refractivity contribution is 5.92. The van der Waals surface area contributed by atoms with Crippen LogP contribution in [-0.2, 0) is 22.4 Å². The summed E-state index contributed by atoms with van der Waals surface area (Å²) in [6.07, 6.45) is 6.52. The van der Waals surface area contributed by atoms with E-state index in [0.29, 0.717) is 19.6 Å². The average molecular weight is 378 g/mol. The van der Waals surface area contributed by atoms with Gasteiger partial charge < -0.3 is 14.5 Å². The fourth-order valence-corrected chi connectivity index (χ4v) is 4.13. The molecule has 2 aromatic heterocycles. The Labute approximate surface area is 165 Å². The summed E-state index contributed by atoms with van der Waals surface area (Å²) in [7, 11) is 0. The number of nitrogens with zero attached hydrogens (tertiary/aromatic N) is 1. The van der Waals surface area contributed by atoms with E-state index in [1.165, 1.54) is 11.1 Å². The first-order valence-corrected chi connectivity index (χ1v) is 9.76. The van der Waals surface area contributed by atoms with Crippen molar-refractivity contribution in [3.05, 3.63) is 64.7 Å². The van der Waals surface area contributed by atoms with Gasteiger partial charge in [-0.25, -0.2) is 0 Å². The van der Waals surface area contributed by atoms with E-state index in [1.54, 1.807) is 18.7 Å². The van der Waals surface area contributed by atoms with Gasteiger partial charge in [0.25, 0.3) is 0 Å². The lowest BCUT2D eigenvalue weighted by atomic mass is 9.95. The summed E-state index contributed by atoms with van der Waals surface area (Å²) in [6.45, 7) is 7.44. The second-order valence-corrected chi connectivity index (χ2v) is 7.81. The van der Waals surface area contributed by atoms with Crippen molar-refractivity contribution in [1.82, 2.24) is 10.3 Å². The second kappa shape index (κ2) is 7.76. The highest BCUT2D eigenvalue weighted by atomic mass is 16.5. The number of pyridine rings is 1. The molecule has 0 bridgehead atoms. The molecule has 0 unspecified atom stereocenters. The maximum atomic E-state index is 12.8. The molecule has 5 heteroatoms. The highest BCUT2D eigenvalue weighted by Gasteiger charge is 2.30. The van der Waals surface area contributed by atoms with E-state index in [-0.39, 0.29) is 17.9 Å². The van der Waals surface area contributed by atoms with Gasteiger partial charge >= 0.3 is 0 Å². The largest absolute Gasteiger partial charge is 0.464 e. The Morgan fingerprint density at radius 1 is 1.18 bits per heavy atom. The third-order valence-corrected chi connectivity index (χ3v) is 5.77. The first kappa shape index (κ1) is 18.7. The SMILES string of the molecule is Cc1cc(C)c2c(CC(=O)N[C@H]3COC[C@H]3Cc3ccncc3)coc2c1C. The Balaban J connectivity index is 1.46. The van der Waals surface area contributed by atoms with Crippen molar-refractivity contribution in [2.75, 3.05) is 13.2 Å². The molecule has 4 rings (SSSR count). The fourth-order valence-electron chi connectivity index (χ4n) is 4.13. The summed E-state index contributed by atoms with van der Waals surface area (Å²) < 4.78 is 11.4. The van der Waals surface area contributed by atoms with E-state index in [1.807, 2.05) is 12.1 Å². The smallest absolute Gasteiger partial charge is 0.224 e. The van der Waals surface area contributed by atoms with Gasteiger partial charge in [0.2, 0.25) is 5.91 Å². The zero-order valence-electron chi connectivity index (χ0n) is 16.6. The molecule has 2 atom stereocenters. The molecule has 1 N–H and O–H groups in total. The molecular weight excluding hydrogens is 352 g/mol. The number of hydrogen-bond acceptors (Lipinski definition) is 4. The summed E-state index contributed by atoms with van der Waals surface area (Å²) in [4.78, 5) is 16.8. The minimum Gasteiger partial charge on any atom is -0.464 e. The summed E-state index contributed by atoms with van der Waals surface area (Å²) in [5, 5.41) is 4.24. The molecule has 1 aromatic carbocycles. The summed E-state index contributed by atoms with van der Waals surface area (Å²) in [5.41, 5.74) is 6.53. The van der Waals surface area contributed by atoms with E-state index >= 15 is 0 Å². The topological polar surface area (TPSA) is 64.4 Å². The summed E-state index contributed by atoms with van der Waals surface area (Å²) >= 11 is 0. The lowest BCUT2D eigenvalue weighted by Crippen LogP contribution is -2.41. The molecule has 0 saturated carbocycles. The van der Waals surface area contributed by atoms with Crippen molar-refractivity contribution in [2.24, 2.45) is 5.92 Å². The summed E-state index contributed by atoms with van der Waals surface area (Å²) in [5.74, 6) is 0.287. The van der Waals surface area contributed by atoms with Gasteiger partial charge in [-0.15, -0.1) is 0 Å². The van der Waals surface area contributed by atoms with Crippen LogP contribution in [0.1, 0.15) is 27.8 Å². The van der Waals surface area contributed by atoms with Gasteiger partial charge in [-0.05, 0) is 61.6 Å². The Hall–Kier alpha value is -2.66. The van der Waals surface area contributed by atoms with Gasteiger partial charge in [-0.1, -0.05) is 6.07 Å². The van der Waals surface area contributed by atoms with Crippen molar-refractivity contribution < 1.29 is 13.9 Å². The maximum Gasteiger partial charge on any atom is 0.224 e. The van der Waals surface area contributed by atoms with Crippen LogP contribution in [-0.4, -0.2) is 30.1 Å². The number of hydrogen-bond donors (Lipinski definition) is 1. The number of carbonyl (C=O) groups excluding carboxylic acids is 1. The number of carbonyl (C=O) groups is 1. The molecule has 0 spiro atoms. The number of ether oxygens (including phenoxy) is 1. The van der Waals surface area contributed by atoms with Crippen molar-refractivity contribution in [3.8, 4) is 0 Å². The molecule has 1 amide bonds. The average Bonchev–Trinajstić information content (AvgIpc) is 3.28. The number of amides is 1. The molecule has 1 aliphatic rings. The van der Waals surface area contributed by atoms with E-state index in [0.717, 1.165) is 34.1 Å². The zero-order chi connectivity index (χ0) is 19.7. The molecule has 0 radical (unpaired) electrons. The third kappa shape index (κ3) is 3.67. The van der Waals surface area contributed by atoms with Gasteiger partial charge in [0.1, 0.15) is 5.58 Å². The Kier molecular flexibility index (Phi) is 5.18. The quantitative estimate of drug-likeness (QED) is 0.736. The van der Waals surface area contributed by atoms with E-state index in [2.05, 4.69) is 37.1 Å². The van der Waals surface area contributed by atoms with Crippen molar-refractivity contribution in [1.29, 1.82) is 0 Å². The molecule has 146 valence electrons. The monoisotopic (exact) mass is 378 g/mol. The second-order valence-electron chi connectivity index (χ2n) is 7.81. The van der Waals surface area contributed by atoms with Gasteiger partial charge in [-0.3, -0.25) is 9.78 Å². The number of nitrogens with one attached hydrogen (secondary N) is 1. The van der Waals surface area contributed by atoms with Crippen molar-refractivity contribution in [3.63, 3.8) is 0 Å². The van der Waals surface area contributed by atoms with Crippen molar-refractivity contribution in [2.45, 2.75) is 39.7 Å². The normalized spacial score (nSPS) is 19.2. The van der Waals surface area contributed by atoms with Gasteiger partial charge in [0.05, 0.1) is 31.9 Å². The number of furan rings is 1. The maximum absolute atomic E-state index is 12.8. The number of benzene rings is 1. The van der Waals surface area contributed by atoms with Crippen LogP contribution < -0.4 is 5.32 Å². The predicted molar refractivity (Wildman–Crippen MR) is 108 cm³/mol. The molecule has 3 heterocycles. The number of fused-ring (bicyclic) bond motifs is 1. The molecule has 3 aromatic rings. The van der Waals surface area contributed by atoms with Crippen LogP contribution in [0.15, 0.2) is 41.3 Å². The van der Waals surface area contributed by atoms with Crippen LogP contribution in [0.2, 0.25) is 0 Å². The summed E-state index contributed by atoms with van der Waals surface area (Å²) in [6, 6.07) is 6.22. The minimum atomic E-state index is 0.00977. The van der Waals surface area contributed by atoms with Gasteiger partial charge in [0, 0.05) is 29.3 Å². The Morgan fingerprint density at radius 3 is 2.75 bits per heavy atom. The highest BCUT2D eigenvalue weighted by Crippen LogP contribution is 2.30. The Morgan fingerprint density at radius 2 is 1.96 bits per heavy atom. The molecule has 1 aliphatic heterocycles. The van der Waals surface area contributed by atoms with E-state index in [4.69, 9.17) is 9.15 Å². The van der Waals surface area contributed by atoms with E-state index in [9.17, 15) is 4.79 Å². The van der Waals surface area contributed by atoms with Gasteiger partial charge in [-0.2, -0.15) is 0 Å². The molecule has 1 fully saturated rings. The number of rotatable bonds is 5. The lowest BCUT2D eigenvalue weighted by molar-refractivity contribution is -0.121. The molecule has 5 nitrogen and oxygen atoms in total. The standard InChI is InChI=1S/C23H26N2O3/c1-14-8-15(2)22-19(12-28-23(22)16(14)3)10-21(26)25-20-13-27-11-18(20)9-17-4-6-24-7-5-17/h4-8,12,18,20H,9-11,13H2,1-3H3,(H,25,26)/t18-,20+/m1/s1. The third-order valence-electron chi connectivity index (χ3n) is 5.77. The molecule has 28 heavy (non-hydrogen) atoms. The number of aromatic nitrogens is 1. The van der Waals surface area contributed by atoms with Crippen LogP contribution in [0, 0.1) is 26.7 Å².